The molecule has 1 saturated heterocycles. The third-order valence-electron chi connectivity index (χ3n) is 5.16. The summed E-state index contributed by atoms with van der Waals surface area (Å²) in [6.07, 6.45) is 1.27. The minimum absolute atomic E-state index is 0.131. The minimum atomic E-state index is -0.885. The van der Waals surface area contributed by atoms with Gasteiger partial charge in [-0.2, -0.15) is 0 Å². The molecule has 9 nitrogen and oxygen atoms in total. The molecule has 0 atom stereocenters. The van der Waals surface area contributed by atoms with Gasteiger partial charge >= 0.3 is 12.0 Å². The quantitative estimate of drug-likeness (QED) is 0.253. The van der Waals surface area contributed by atoms with Gasteiger partial charge < -0.3 is 14.2 Å². The standard InChI is InChI=1S/C26H20N2O7/c1-33-19-12-10-16(11-13-19)25(31)35-22-9-4-3-6-17(22)14-21-23(29)27-26(32)28(24(21)30)18-7-5-8-20(15-18)34-2/h3-15H,1-2H3,(H,27,29,32)/b21-14-. The Morgan fingerprint density at radius 1 is 0.857 bits per heavy atom. The molecular weight excluding hydrogens is 452 g/mol. The molecule has 0 spiro atoms. The van der Waals surface area contributed by atoms with E-state index in [4.69, 9.17) is 14.2 Å². The van der Waals surface area contributed by atoms with Gasteiger partial charge in [-0.3, -0.25) is 14.9 Å². The van der Waals surface area contributed by atoms with Crippen molar-refractivity contribution >= 4 is 35.6 Å². The van der Waals surface area contributed by atoms with Crippen LogP contribution in [0.25, 0.3) is 6.08 Å². The van der Waals surface area contributed by atoms with Crippen molar-refractivity contribution in [3.05, 3.63) is 89.5 Å². The minimum Gasteiger partial charge on any atom is -0.497 e. The van der Waals surface area contributed by atoms with Crippen molar-refractivity contribution in [3.8, 4) is 17.2 Å². The van der Waals surface area contributed by atoms with E-state index in [0.29, 0.717) is 17.1 Å². The van der Waals surface area contributed by atoms with Gasteiger partial charge in [-0.1, -0.05) is 24.3 Å². The maximum Gasteiger partial charge on any atom is 0.343 e. The zero-order chi connectivity index (χ0) is 24.9. The monoisotopic (exact) mass is 472 g/mol. The Bertz CT molecular complexity index is 1350. The van der Waals surface area contributed by atoms with Gasteiger partial charge in [0, 0.05) is 11.6 Å². The van der Waals surface area contributed by atoms with Crippen molar-refractivity contribution in [1.29, 1.82) is 0 Å². The Morgan fingerprint density at radius 3 is 2.29 bits per heavy atom. The molecule has 0 aromatic heterocycles. The molecule has 3 aromatic rings. The molecule has 0 aliphatic carbocycles. The van der Waals surface area contributed by atoms with Crippen LogP contribution in [0.4, 0.5) is 10.5 Å². The van der Waals surface area contributed by atoms with Crippen LogP contribution in [0.15, 0.2) is 78.4 Å². The molecule has 1 heterocycles. The Hall–Kier alpha value is -4.92. The van der Waals surface area contributed by atoms with Crippen LogP contribution in [-0.2, 0) is 9.59 Å². The Balaban J connectivity index is 1.65. The molecule has 35 heavy (non-hydrogen) atoms. The Morgan fingerprint density at radius 2 is 1.57 bits per heavy atom. The van der Waals surface area contributed by atoms with Gasteiger partial charge in [0.05, 0.1) is 25.5 Å². The summed E-state index contributed by atoms with van der Waals surface area (Å²) in [7, 11) is 2.97. The van der Waals surface area contributed by atoms with E-state index in [1.807, 2.05) is 0 Å². The third kappa shape index (κ3) is 4.88. The summed E-state index contributed by atoms with van der Waals surface area (Å²) in [5.41, 5.74) is 0.507. The van der Waals surface area contributed by atoms with Crippen molar-refractivity contribution in [2.75, 3.05) is 19.1 Å². The fraction of sp³-hybridized carbons (Fsp3) is 0.0769. The lowest BCUT2D eigenvalue weighted by atomic mass is 10.1. The number of imide groups is 2. The number of nitrogens with one attached hydrogen (secondary N) is 1. The number of ether oxygens (including phenoxy) is 3. The van der Waals surface area contributed by atoms with Crippen molar-refractivity contribution in [2.45, 2.75) is 0 Å². The van der Waals surface area contributed by atoms with Crippen LogP contribution in [0, 0.1) is 0 Å². The summed E-state index contributed by atoms with van der Waals surface area (Å²) in [5, 5.41) is 2.16. The summed E-state index contributed by atoms with van der Waals surface area (Å²) in [6.45, 7) is 0. The molecule has 1 aliphatic rings. The van der Waals surface area contributed by atoms with Crippen LogP contribution >= 0.6 is 0 Å². The number of rotatable bonds is 6. The van der Waals surface area contributed by atoms with Crippen molar-refractivity contribution < 1.29 is 33.4 Å². The first kappa shape index (κ1) is 23.2. The smallest absolute Gasteiger partial charge is 0.343 e. The second-order valence-corrected chi connectivity index (χ2v) is 7.32. The van der Waals surface area contributed by atoms with E-state index in [-0.39, 0.29) is 22.6 Å². The Labute approximate surface area is 200 Å². The average Bonchev–Trinajstić information content (AvgIpc) is 2.87. The molecule has 176 valence electrons. The van der Waals surface area contributed by atoms with E-state index in [2.05, 4.69) is 5.32 Å². The van der Waals surface area contributed by atoms with E-state index in [9.17, 15) is 19.2 Å². The number of urea groups is 1. The van der Waals surface area contributed by atoms with Gasteiger partial charge in [0.15, 0.2) is 0 Å². The number of hydrogen-bond donors (Lipinski definition) is 1. The summed E-state index contributed by atoms with van der Waals surface area (Å²) >= 11 is 0. The summed E-state index contributed by atoms with van der Waals surface area (Å²) in [6, 6.07) is 18.2. The molecule has 9 heteroatoms. The van der Waals surface area contributed by atoms with Gasteiger partial charge in [0.25, 0.3) is 11.8 Å². The topological polar surface area (TPSA) is 111 Å². The van der Waals surface area contributed by atoms with E-state index in [1.54, 1.807) is 54.6 Å². The molecule has 3 aromatic carbocycles. The number of para-hydroxylation sites is 1. The molecule has 1 aliphatic heterocycles. The number of methoxy groups -OCH3 is 2. The number of esters is 1. The zero-order valence-electron chi connectivity index (χ0n) is 18.8. The van der Waals surface area contributed by atoms with E-state index < -0.39 is 23.8 Å². The maximum absolute atomic E-state index is 13.2. The number of barbiturate groups is 1. The molecule has 4 amide bonds. The number of hydrogen-bond acceptors (Lipinski definition) is 7. The molecule has 0 saturated carbocycles. The van der Waals surface area contributed by atoms with Crippen LogP contribution in [0.1, 0.15) is 15.9 Å². The normalized spacial score (nSPS) is 14.5. The van der Waals surface area contributed by atoms with Crippen LogP contribution in [-0.4, -0.2) is 38.0 Å². The fourth-order valence-electron chi connectivity index (χ4n) is 3.38. The number of benzene rings is 3. The number of nitrogens with zero attached hydrogens (tertiary/aromatic N) is 1. The highest BCUT2D eigenvalue weighted by Gasteiger charge is 2.37. The van der Waals surface area contributed by atoms with Gasteiger partial charge in [-0.15, -0.1) is 0 Å². The summed E-state index contributed by atoms with van der Waals surface area (Å²) in [5.74, 6) is -1.18. The van der Waals surface area contributed by atoms with Crippen LogP contribution in [0.2, 0.25) is 0 Å². The highest BCUT2D eigenvalue weighted by Crippen LogP contribution is 2.28. The highest BCUT2D eigenvalue weighted by molar-refractivity contribution is 6.39. The number of anilines is 1. The zero-order valence-corrected chi connectivity index (χ0v) is 18.8. The van der Waals surface area contributed by atoms with Gasteiger partial charge in [-0.25, -0.2) is 14.5 Å². The van der Waals surface area contributed by atoms with Crippen LogP contribution in [0.3, 0.4) is 0 Å². The molecule has 1 fully saturated rings. The number of carbonyl (C=O) groups is 4. The molecule has 0 radical (unpaired) electrons. The van der Waals surface area contributed by atoms with E-state index in [1.165, 1.54) is 38.5 Å². The first-order valence-electron chi connectivity index (χ1n) is 10.4. The third-order valence-corrected chi connectivity index (χ3v) is 5.16. The lowest BCUT2D eigenvalue weighted by Crippen LogP contribution is -2.54. The highest BCUT2D eigenvalue weighted by atomic mass is 16.5. The summed E-state index contributed by atoms with van der Waals surface area (Å²) < 4.78 is 15.8. The summed E-state index contributed by atoms with van der Waals surface area (Å²) in [4.78, 5) is 51.6. The van der Waals surface area contributed by atoms with E-state index in [0.717, 1.165) is 4.90 Å². The number of amides is 4. The number of carbonyl (C=O) groups excluding carboxylic acids is 4. The predicted molar refractivity (Wildman–Crippen MR) is 126 cm³/mol. The molecule has 0 bridgehead atoms. The van der Waals surface area contributed by atoms with Gasteiger partial charge in [0.1, 0.15) is 22.8 Å². The molecule has 0 unspecified atom stereocenters. The largest absolute Gasteiger partial charge is 0.497 e. The van der Waals surface area contributed by atoms with Crippen molar-refractivity contribution in [2.24, 2.45) is 0 Å². The second kappa shape index (κ2) is 9.92. The fourth-order valence-corrected chi connectivity index (χ4v) is 3.38. The van der Waals surface area contributed by atoms with Crippen LogP contribution < -0.4 is 24.4 Å². The maximum atomic E-state index is 13.2. The van der Waals surface area contributed by atoms with E-state index >= 15 is 0 Å². The van der Waals surface area contributed by atoms with Crippen molar-refractivity contribution in [3.63, 3.8) is 0 Å². The first-order chi connectivity index (χ1) is 16.9. The lowest BCUT2D eigenvalue weighted by Gasteiger charge is -2.26. The Kier molecular flexibility index (Phi) is 6.59. The van der Waals surface area contributed by atoms with Gasteiger partial charge in [0.2, 0.25) is 0 Å². The average molecular weight is 472 g/mol. The molecule has 1 N–H and O–H groups in total. The lowest BCUT2D eigenvalue weighted by molar-refractivity contribution is -0.122. The van der Waals surface area contributed by atoms with Crippen LogP contribution in [0.5, 0.6) is 17.2 Å². The van der Waals surface area contributed by atoms with Crippen molar-refractivity contribution in [1.82, 2.24) is 5.32 Å². The SMILES string of the molecule is COc1ccc(C(=O)Oc2ccccc2/C=C2/C(=O)NC(=O)N(c3cccc(OC)c3)C2=O)cc1. The molecule has 4 rings (SSSR count). The van der Waals surface area contributed by atoms with Gasteiger partial charge in [-0.05, 0) is 48.5 Å². The second-order valence-electron chi connectivity index (χ2n) is 7.32. The first-order valence-corrected chi connectivity index (χ1v) is 10.4. The molecular formula is C26H20N2O7. The predicted octanol–water partition coefficient (Wildman–Crippen LogP) is 3.59.